The molecule has 1 aromatic heterocycles. The third kappa shape index (κ3) is 4.34. The normalized spacial score (nSPS) is 16.9. The number of nitrogens with zero attached hydrogens (tertiary/aromatic N) is 4. The zero-order chi connectivity index (χ0) is 22.9. The molecule has 33 heavy (non-hydrogen) atoms. The van der Waals surface area contributed by atoms with Crippen molar-refractivity contribution in [3.8, 4) is 5.75 Å². The van der Waals surface area contributed by atoms with E-state index in [1.807, 2.05) is 30.1 Å². The van der Waals surface area contributed by atoms with Crippen LogP contribution in [-0.2, 0) is 0 Å². The van der Waals surface area contributed by atoms with Crippen molar-refractivity contribution in [2.75, 3.05) is 50.2 Å². The van der Waals surface area contributed by atoms with Crippen LogP contribution in [0, 0.1) is 5.82 Å². The summed E-state index contributed by atoms with van der Waals surface area (Å²) in [5.74, 6) is 2.98. The average Bonchev–Trinajstić information content (AvgIpc) is 3.69. The monoisotopic (exact) mass is 450 g/mol. The van der Waals surface area contributed by atoms with Crippen molar-refractivity contribution in [2.45, 2.75) is 37.5 Å². The Hall–Kier alpha value is -2.93. The molecule has 2 aliphatic rings. The highest BCUT2D eigenvalue weighted by Gasteiger charge is 2.31. The molecule has 2 heterocycles. The van der Waals surface area contributed by atoms with Gasteiger partial charge in [0.15, 0.2) is 5.82 Å². The van der Waals surface area contributed by atoms with Crippen molar-refractivity contribution in [2.24, 2.45) is 0 Å². The van der Waals surface area contributed by atoms with Crippen LogP contribution in [0.3, 0.4) is 0 Å². The van der Waals surface area contributed by atoms with Gasteiger partial charge < -0.3 is 19.6 Å². The van der Waals surface area contributed by atoms with Crippen molar-refractivity contribution < 1.29 is 14.2 Å². The molecule has 1 aliphatic carbocycles. The number of hydrogen-bond acceptors (Lipinski definition) is 6. The number of rotatable bonds is 7. The lowest BCUT2D eigenvalue weighted by Crippen LogP contribution is -2.34. The summed E-state index contributed by atoms with van der Waals surface area (Å²) < 4.78 is 20.8. The van der Waals surface area contributed by atoms with Crippen LogP contribution < -0.4 is 14.5 Å². The molecule has 0 radical (unpaired) electrons. The fourth-order valence-electron chi connectivity index (χ4n) is 4.85. The zero-order valence-electron chi connectivity index (χ0n) is 19.3. The maximum atomic E-state index is 15.2. The number of methoxy groups -OCH3 is 1. The number of hydrogen-bond donors (Lipinski definition) is 1. The molecule has 5 rings (SSSR count). The highest BCUT2D eigenvalue weighted by atomic mass is 19.1. The van der Waals surface area contributed by atoms with Gasteiger partial charge in [0.25, 0.3) is 0 Å². The Labute approximate surface area is 194 Å². The highest BCUT2D eigenvalue weighted by molar-refractivity contribution is 5.93. The SMILES string of the molecule is COc1ccccc1C1CCN(c2nc(C3CC3)nc3c(F)cc(N(C)CCO)cc23)CC1. The molecule has 0 amide bonds. The van der Waals surface area contributed by atoms with E-state index in [-0.39, 0.29) is 12.4 Å². The summed E-state index contributed by atoms with van der Waals surface area (Å²) in [6.07, 6.45) is 4.11. The second kappa shape index (κ2) is 9.14. The van der Waals surface area contributed by atoms with Crippen LogP contribution in [0.25, 0.3) is 10.9 Å². The van der Waals surface area contributed by atoms with Gasteiger partial charge in [-0.3, -0.25) is 0 Å². The summed E-state index contributed by atoms with van der Waals surface area (Å²) in [4.78, 5) is 13.7. The van der Waals surface area contributed by atoms with E-state index in [0.717, 1.165) is 67.2 Å². The lowest BCUT2D eigenvalue weighted by Gasteiger charge is -2.34. The molecule has 0 bridgehead atoms. The Morgan fingerprint density at radius 2 is 1.85 bits per heavy atom. The van der Waals surface area contributed by atoms with Gasteiger partial charge in [0, 0.05) is 43.7 Å². The lowest BCUT2D eigenvalue weighted by atomic mass is 9.88. The molecular weight excluding hydrogens is 419 g/mol. The topological polar surface area (TPSA) is 61.7 Å². The van der Waals surface area contributed by atoms with E-state index in [4.69, 9.17) is 9.72 Å². The van der Waals surface area contributed by atoms with Crippen molar-refractivity contribution in [1.29, 1.82) is 0 Å². The number of fused-ring (bicyclic) bond motifs is 1. The van der Waals surface area contributed by atoms with Gasteiger partial charge in [-0.1, -0.05) is 18.2 Å². The first-order chi connectivity index (χ1) is 16.1. The molecule has 174 valence electrons. The van der Waals surface area contributed by atoms with Crippen molar-refractivity contribution in [3.63, 3.8) is 0 Å². The number of halogens is 1. The summed E-state index contributed by atoms with van der Waals surface area (Å²) in [6, 6.07) is 11.7. The number of aliphatic hydroxyl groups excluding tert-OH is 1. The minimum atomic E-state index is -0.332. The number of piperidine rings is 1. The molecular formula is C26H31FN4O2. The number of para-hydroxylation sites is 1. The third-order valence-electron chi connectivity index (χ3n) is 6.93. The molecule has 3 aromatic rings. The fraction of sp³-hybridized carbons (Fsp3) is 0.462. The first-order valence-corrected chi connectivity index (χ1v) is 11.8. The van der Waals surface area contributed by atoms with E-state index in [9.17, 15) is 5.11 Å². The Morgan fingerprint density at radius 1 is 1.09 bits per heavy atom. The summed E-state index contributed by atoms with van der Waals surface area (Å²) >= 11 is 0. The van der Waals surface area contributed by atoms with Crippen LogP contribution >= 0.6 is 0 Å². The molecule has 0 unspecified atom stereocenters. The van der Waals surface area contributed by atoms with Crippen molar-refractivity contribution >= 4 is 22.4 Å². The number of aromatic nitrogens is 2. The van der Waals surface area contributed by atoms with Crippen LogP contribution in [0.2, 0.25) is 0 Å². The van der Waals surface area contributed by atoms with Gasteiger partial charge in [-0.05, 0) is 55.4 Å². The third-order valence-corrected chi connectivity index (χ3v) is 6.93. The van der Waals surface area contributed by atoms with Gasteiger partial charge in [-0.2, -0.15) is 0 Å². The van der Waals surface area contributed by atoms with E-state index in [1.165, 1.54) is 11.6 Å². The van der Waals surface area contributed by atoms with Gasteiger partial charge in [0.2, 0.25) is 0 Å². The van der Waals surface area contributed by atoms with Gasteiger partial charge in [-0.25, -0.2) is 14.4 Å². The molecule has 7 heteroatoms. The van der Waals surface area contributed by atoms with Crippen molar-refractivity contribution in [1.82, 2.24) is 9.97 Å². The Bertz CT molecular complexity index is 1140. The zero-order valence-corrected chi connectivity index (χ0v) is 19.3. The summed E-state index contributed by atoms with van der Waals surface area (Å²) in [5, 5.41) is 10.1. The smallest absolute Gasteiger partial charge is 0.151 e. The first kappa shape index (κ1) is 21.9. The molecule has 0 atom stereocenters. The van der Waals surface area contributed by atoms with E-state index in [2.05, 4.69) is 22.0 Å². The molecule has 2 aromatic carbocycles. The van der Waals surface area contributed by atoms with Crippen LogP contribution in [0.5, 0.6) is 5.75 Å². The number of anilines is 2. The van der Waals surface area contributed by atoms with Crippen LogP contribution in [-0.4, -0.2) is 55.5 Å². The summed E-state index contributed by atoms with van der Waals surface area (Å²) in [7, 11) is 3.58. The number of benzene rings is 2. The number of ether oxygens (including phenoxy) is 1. The van der Waals surface area contributed by atoms with Crippen LogP contribution in [0.4, 0.5) is 15.9 Å². The Kier molecular flexibility index (Phi) is 6.06. The van der Waals surface area contributed by atoms with E-state index in [1.54, 1.807) is 7.11 Å². The molecule has 1 N–H and O–H groups in total. The maximum absolute atomic E-state index is 15.2. The second-order valence-corrected chi connectivity index (χ2v) is 9.15. The van der Waals surface area contributed by atoms with E-state index < -0.39 is 0 Å². The summed E-state index contributed by atoms with van der Waals surface area (Å²) in [5.41, 5.74) is 2.38. The van der Waals surface area contributed by atoms with Crippen LogP contribution in [0.15, 0.2) is 36.4 Å². The minimum absolute atomic E-state index is 0.0105. The molecule has 2 fully saturated rings. The predicted molar refractivity (Wildman–Crippen MR) is 129 cm³/mol. The first-order valence-electron chi connectivity index (χ1n) is 11.8. The van der Waals surface area contributed by atoms with Gasteiger partial charge in [0.05, 0.1) is 13.7 Å². The average molecular weight is 451 g/mol. The van der Waals surface area contributed by atoms with E-state index in [0.29, 0.717) is 23.9 Å². The Morgan fingerprint density at radius 3 is 2.55 bits per heavy atom. The highest BCUT2D eigenvalue weighted by Crippen LogP contribution is 2.42. The lowest BCUT2D eigenvalue weighted by molar-refractivity contribution is 0.304. The standard InChI is InChI=1S/C26H31FN4O2/c1-30(13-14-32)19-15-21-24(22(27)16-19)28-25(18-7-8-18)29-26(21)31-11-9-17(10-12-31)20-5-3-4-6-23(20)33-2/h3-6,15-18,32H,7-14H2,1-2H3. The largest absolute Gasteiger partial charge is 0.496 e. The maximum Gasteiger partial charge on any atom is 0.151 e. The summed E-state index contributed by atoms with van der Waals surface area (Å²) in [6.45, 7) is 2.14. The quantitative estimate of drug-likeness (QED) is 0.573. The Balaban J connectivity index is 1.49. The van der Waals surface area contributed by atoms with E-state index >= 15 is 4.39 Å². The van der Waals surface area contributed by atoms with Gasteiger partial charge in [-0.15, -0.1) is 0 Å². The van der Waals surface area contributed by atoms with Gasteiger partial charge >= 0.3 is 0 Å². The predicted octanol–water partition coefficient (Wildman–Crippen LogP) is 4.47. The molecule has 6 nitrogen and oxygen atoms in total. The molecule has 1 saturated carbocycles. The van der Waals surface area contributed by atoms with Crippen molar-refractivity contribution in [3.05, 3.63) is 53.6 Å². The van der Waals surface area contributed by atoms with Gasteiger partial charge in [0.1, 0.15) is 22.9 Å². The molecule has 0 spiro atoms. The fourth-order valence-corrected chi connectivity index (χ4v) is 4.85. The number of likely N-dealkylation sites (N-methyl/N-ethyl adjacent to an activating group) is 1. The van der Waals surface area contributed by atoms with Crippen LogP contribution in [0.1, 0.15) is 48.9 Å². The minimum Gasteiger partial charge on any atom is -0.496 e. The number of aliphatic hydroxyl groups is 1. The second-order valence-electron chi connectivity index (χ2n) is 9.15. The molecule has 1 saturated heterocycles. The molecule has 1 aliphatic heterocycles.